The number of carbonyl (C=O) groups is 5. The van der Waals surface area contributed by atoms with Gasteiger partial charge in [0, 0.05) is 82.3 Å². The van der Waals surface area contributed by atoms with Gasteiger partial charge in [0.15, 0.2) is 0 Å². The van der Waals surface area contributed by atoms with E-state index in [2.05, 4.69) is 36.1 Å². The number of carbonyl (C=O) groups excluding carboxylic acids is 5. The first-order valence-electron chi connectivity index (χ1n) is 21.1. The number of pyridine rings is 1. The van der Waals surface area contributed by atoms with Gasteiger partial charge in [-0.3, -0.25) is 39.1 Å². The fraction of sp³-hybridized carbons (Fsp3) is 0.378. The molecule has 5 amide bonds. The number of methoxy groups -OCH3 is 1. The Labute approximate surface area is 365 Å². The van der Waals surface area contributed by atoms with Crippen LogP contribution >= 0.6 is 0 Å². The van der Waals surface area contributed by atoms with Crippen molar-refractivity contribution in [1.29, 1.82) is 0 Å². The third-order valence-corrected chi connectivity index (χ3v) is 13.0. The molecule has 3 aromatic carbocycles. The number of nitrogens with zero attached hydrogens (tertiary/aromatic N) is 5. The number of ether oxygens (including phenoxy) is 1. The number of likely N-dealkylation sites (tertiary alicyclic amines) is 1. The molecule has 5 aliphatic rings. The van der Waals surface area contributed by atoms with Crippen LogP contribution in [-0.4, -0.2) is 109 Å². The number of aromatic nitrogens is 1. The molecule has 2 bridgehead atoms. The normalized spacial score (nSPS) is 21.3. The lowest BCUT2D eigenvalue weighted by molar-refractivity contribution is -0.137. The number of halogens is 4. The van der Waals surface area contributed by atoms with Crippen LogP contribution in [0.15, 0.2) is 66.9 Å². The minimum absolute atomic E-state index is 0.00337. The first-order chi connectivity index (χ1) is 30.7. The summed E-state index contributed by atoms with van der Waals surface area (Å²) in [5.41, 5.74) is 0.755. The monoisotopic (exact) mass is 883 g/mol. The molecule has 334 valence electrons. The largest absolute Gasteiger partial charge is 0.494 e. The number of hydrogen-bond acceptors (Lipinski definition) is 12. The highest BCUT2D eigenvalue weighted by Gasteiger charge is 2.48. The molecule has 0 aliphatic carbocycles. The summed E-state index contributed by atoms with van der Waals surface area (Å²) in [6.07, 6.45) is -1.24. The lowest BCUT2D eigenvalue weighted by Crippen LogP contribution is -2.54. The molecule has 4 saturated heterocycles. The number of hydrogen-bond donors (Lipinski definition) is 4. The van der Waals surface area contributed by atoms with E-state index in [0.717, 1.165) is 68.3 Å². The molecule has 3 unspecified atom stereocenters. The summed E-state index contributed by atoms with van der Waals surface area (Å²) in [5.74, 6) is -2.62. The van der Waals surface area contributed by atoms with Crippen molar-refractivity contribution in [3.05, 3.63) is 94.9 Å². The van der Waals surface area contributed by atoms with Gasteiger partial charge < -0.3 is 30.5 Å². The second kappa shape index (κ2) is 16.7. The Kier molecular flexibility index (Phi) is 11.1. The Balaban J connectivity index is 0.810. The van der Waals surface area contributed by atoms with Crippen molar-refractivity contribution in [3.63, 3.8) is 0 Å². The van der Waals surface area contributed by atoms with E-state index in [4.69, 9.17) is 4.74 Å². The lowest BCUT2D eigenvalue weighted by atomic mass is 9.95. The highest BCUT2D eigenvalue weighted by Crippen LogP contribution is 2.42. The lowest BCUT2D eigenvalue weighted by Gasteiger charge is -2.40. The Hall–Kier alpha value is -6.76. The zero-order valence-corrected chi connectivity index (χ0v) is 34.9. The standard InChI is InChI=1S/C45H45F4N9O6/c1-50-41(60)28-5-3-4-6-33(28)52-35-19-39(51-20-31(35)45(47,48)49)53-34-8-7-25(16-38(34)64-2)55-13-11-24(12-14-55)21-56-22-27-15-26(56)23-57(27)37-18-30-29(17-32(37)46)43(62)58(44(30)63)36-9-10-40(59)54-42(36)61/h3-8,16-20,24,26-27,36H,9-15,21-23H2,1-2H3,(H,50,60)(H2,51,52,53)(H,54,59,61). The number of benzene rings is 3. The smallest absolute Gasteiger partial charge is 0.419 e. The summed E-state index contributed by atoms with van der Waals surface area (Å²) < 4.78 is 63.7. The number of piperidine rings is 2. The SMILES string of the molecule is CNC(=O)c1ccccc1Nc1cc(Nc2ccc(N3CCC(CN4CC5CC4CN5c4cc5c(cc4F)C(=O)N(C4CCC(=O)NC4=O)C5=O)CC3)cc2OC)ncc1C(F)(F)F. The summed E-state index contributed by atoms with van der Waals surface area (Å²) in [5, 5.41) is 10.5. The van der Waals surface area contributed by atoms with Gasteiger partial charge in [-0.25, -0.2) is 9.37 Å². The molecule has 0 radical (unpaired) electrons. The molecular weight excluding hydrogens is 839 g/mol. The fourth-order valence-electron chi connectivity index (χ4n) is 9.71. The number of amides is 5. The molecule has 9 rings (SSSR count). The predicted molar refractivity (Wildman–Crippen MR) is 228 cm³/mol. The van der Waals surface area contributed by atoms with Gasteiger partial charge in [-0.1, -0.05) is 12.1 Å². The molecule has 0 saturated carbocycles. The Morgan fingerprint density at radius 2 is 1.64 bits per heavy atom. The summed E-state index contributed by atoms with van der Waals surface area (Å²) in [6.45, 7) is 3.79. The number of alkyl halides is 3. The van der Waals surface area contributed by atoms with Crippen molar-refractivity contribution in [2.24, 2.45) is 5.92 Å². The first-order valence-corrected chi connectivity index (χ1v) is 21.1. The molecule has 15 nitrogen and oxygen atoms in total. The van der Waals surface area contributed by atoms with Crippen LogP contribution in [-0.2, 0) is 15.8 Å². The molecule has 4 fully saturated rings. The Bertz CT molecular complexity index is 2570. The maximum atomic E-state index is 15.7. The topological polar surface area (TPSA) is 169 Å². The number of anilines is 6. The molecule has 4 N–H and O–H groups in total. The van der Waals surface area contributed by atoms with Gasteiger partial charge >= 0.3 is 6.18 Å². The van der Waals surface area contributed by atoms with Crippen molar-refractivity contribution in [3.8, 4) is 5.75 Å². The Morgan fingerprint density at radius 3 is 2.33 bits per heavy atom. The van der Waals surface area contributed by atoms with Gasteiger partial charge in [0.05, 0.1) is 52.1 Å². The number of rotatable bonds is 11. The van der Waals surface area contributed by atoms with Crippen molar-refractivity contribution in [1.82, 2.24) is 25.4 Å². The van der Waals surface area contributed by atoms with Crippen LogP contribution in [0.3, 0.4) is 0 Å². The number of nitrogens with one attached hydrogen (secondary N) is 4. The zero-order valence-electron chi connectivity index (χ0n) is 34.9. The van der Waals surface area contributed by atoms with E-state index in [-0.39, 0.29) is 64.5 Å². The molecule has 0 spiro atoms. The van der Waals surface area contributed by atoms with Crippen LogP contribution in [0, 0.1) is 11.7 Å². The second-order valence-electron chi connectivity index (χ2n) is 16.7. The zero-order chi connectivity index (χ0) is 45.0. The van der Waals surface area contributed by atoms with E-state index in [1.54, 1.807) is 18.2 Å². The van der Waals surface area contributed by atoms with Gasteiger partial charge in [-0.05, 0) is 68.0 Å². The molecule has 1 aromatic heterocycles. The van der Waals surface area contributed by atoms with E-state index < -0.39 is 53.1 Å². The predicted octanol–water partition coefficient (Wildman–Crippen LogP) is 5.68. The molecule has 6 heterocycles. The van der Waals surface area contributed by atoms with Crippen molar-refractivity contribution < 1.29 is 46.3 Å². The van der Waals surface area contributed by atoms with Crippen molar-refractivity contribution in [2.75, 3.05) is 67.3 Å². The van der Waals surface area contributed by atoms with E-state index in [0.29, 0.717) is 23.9 Å². The highest BCUT2D eigenvalue weighted by atomic mass is 19.4. The molecular formula is C45H45F4N9O6. The molecule has 5 aliphatic heterocycles. The van der Waals surface area contributed by atoms with Gasteiger partial charge in [-0.2, -0.15) is 13.2 Å². The Morgan fingerprint density at radius 1 is 0.891 bits per heavy atom. The van der Waals surface area contributed by atoms with Gasteiger partial charge in [0.1, 0.15) is 23.4 Å². The molecule has 4 aromatic rings. The quantitative estimate of drug-likeness (QED) is 0.108. The summed E-state index contributed by atoms with van der Waals surface area (Å²) >= 11 is 0. The van der Waals surface area contributed by atoms with Gasteiger partial charge in [0.2, 0.25) is 11.8 Å². The number of piperazine rings is 1. The van der Waals surface area contributed by atoms with E-state index in [1.165, 1.54) is 38.4 Å². The van der Waals surface area contributed by atoms with Crippen LogP contribution in [0.2, 0.25) is 0 Å². The molecule has 19 heteroatoms. The van der Waals surface area contributed by atoms with Crippen LogP contribution in [0.25, 0.3) is 0 Å². The van der Waals surface area contributed by atoms with E-state index in [9.17, 15) is 37.1 Å². The van der Waals surface area contributed by atoms with Crippen LogP contribution < -0.4 is 35.8 Å². The highest BCUT2D eigenvalue weighted by molar-refractivity contribution is 6.23. The van der Waals surface area contributed by atoms with Gasteiger partial charge in [-0.15, -0.1) is 0 Å². The number of para-hydroxylation sites is 1. The number of fused-ring (bicyclic) bond motifs is 3. The third-order valence-electron chi connectivity index (χ3n) is 13.0. The maximum Gasteiger partial charge on any atom is 0.419 e. The number of imide groups is 2. The van der Waals surface area contributed by atoms with Crippen LogP contribution in [0.1, 0.15) is 68.7 Å². The second-order valence-corrected chi connectivity index (χ2v) is 16.7. The van der Waals surface area contributed by atoms with Crippen LogP contribution in [0.4, 0.5) is 51.8 Å². The summed E-state index contributed by atoms with van der Waals surface area (Å²) in [7, 11) is 2.95. The summed E-state index contributed by atoms with van der Waals surface area (Å²) in [4.78, 5) is 74.8. The first kappa shape index (κ1) is 42.5. The minimum atomic E-state index is -4.72. The van der Waals surface area contributed by atoms with Crippen molar-refractivity contribution >= 4 is 63.8 Å². The van der Waals surface area contributed by atoms with Crippen LogP contribution in [0.5, 0.6) is 5.75 Å². The summed E-state index contributed by atoms with van der Waals surface area (Å²) in [6, 6.07) is 14.7. The van der Waals surface area contributed by atoms with E-state index >= 15 is 4.39 Å². The average molecular weight is 884 g/mol. The van der Waals surface area contributed by atoms with E-state index in [1.807, 2.05) is 17.0 Å². The fourth-order valence-corrected chi connectivity index (χ4v) is 9.71. The minimum Gasteiger partial charge on any atom is -0.494 e. The third kappa shape index (κ3) is 7.92. The van der Waals surface area contributed by atoms with Gasteiger partial charge in [0.25, 0.3) is 17.7 Å². The maximum absolute atomic E-state index is 15.7. The average Bonchev–Trinajstić information content (AvgIpc) is 3.94. The molecule has 64 heavy (non-hydrogen) atoms. The van der Waals surface area contributed by atoms with Crippen molar-refractivity contribution in [2.45, 2.75) is 56.4 Å². The molecule has 3 atom stereocenters.